The van der Waals surface area contributed by atoms with Crippen molar-refractivity contribution in [3.05, 3.63) is 33.8 Å². The molecular weight excluding hydrogens is 261 g/mol. The van der Waals surface area contributed by atoms with E-state index >= 15 is 0 Å². The van der Waals surface area contributed by atoms with Gasteiger partial charge in [-0.1, -0.05) is 23.2 Å². The second-order valence-electron chi connectivity index (χ2n) is 3.80. The van der Waals surface area contributed by atoms with E-state index in [2.05, 4.69) is 10.1 Å². The lowest BCUT2D eigenvalue weighted by Crippen LogP contribution is -2.36. The number of halogens is 2. The normalized spacial score (nSPS) is 14.2. The number of carbonyl (C=O) groups is 1. The Morgan fingerprint density at radius 1 is 1.35 bits per heavy atom. The summed E-state index contributed by atoms with van der Waals surface area (Å²) < 4.78 is 4.64. The number of hydrogen-bond acceptors (Lipinski definition) is 3. The SMILES string of the molecule is COC(=O)[C@H](C)NC(C)c1cc(Cl)ccc1Cl. The van der Waals surface area contributed by atoms with Gasteiger partial charge < -0.3 is 4.74 Å². The molecule has 0 fully saturated rings. The highest BCUT2D eigenvalue weighted by molar-refractivity contribution is 6.33. The molecule has 2 atom stereocenters. The summed E-state index contributed by atoms with van der Waals surface area (Å²) in [5, 5.41) is 4.33. The highest BCUT2D eigenvalue weighted by Crippen LogP contribution is 2.26. The summed E-state index contributed by atoms with van der Waals surface area (Å²) in [5.41, 5.74) is 0.856. The Balaban J connectivity index is 2.79. The number of hydrogen-bond donors (Lipinski definition) is 1. The number of rotatable bonds is 4. The smallest absolute Gasteiger partial charge is 0.322 e. The second kappa shape index (κ2) is 6.24. The Morgan fingerprint density at radius 3 is 2.59 bits per heavy atom. The van der Waals surface area contributed by atoms with Gasteiger partial charge in [0.15, 0.2) is 0 Å². The number of carbonyl (C=O) groups excluding carboxylic acids is 1. The van der Waals surface area contributed by atoms with Crippen LogP contribution >= 0.6 is 23.2 Å². The number of methoxy groups -OCH3 is 1. The summed E-state index contributed by atoms with van der Waals surface area (Å²) in [6.07, 6.45) is 0. The van der Waals surface area contributed by atoms with Crippen molar-refractivity contribution in [2.75, 3.05) is 7.11 Å². The molecule has 1 aromatic rings. The Morgan fingerprint density at radius 2 is 2.00 bits per heavy atom. The summed E-state index contributed by atoms with van der Waals surface area (Å²) in [7, 11) is 1.36. The third-order valence-electron chi connectivity index (χ3n) is 2.48. The van der Waals surface area contributed by atoms with E-state index < -0.39 is 6.04 Å². The van der Waals surface area contributed by atoms with Crippen molar-refractivity contribution < 1.29 is 9.53 Å². The Hall–Kier alpha value is -0.770. The molecule has 1 unspecified atom stereocenters. The van der Waals surface area contributed by atoms with E-state index in [1.807, 2.05) is 6.92 Å². The van der Waals surface area contributed by atoms with Crippen molar-refractivity contribution in [2.24, 2.45) is 0 Å². The molecule has 0 spiro atoms. The minimum Gasteiger partial charge on any atom is -0.468 e. The summed E-state index contributed by atoms with van der Waals surface area (Å²) in [5.74, 6) is -0.310. The fourth-order valence-corrected chi connectivity index (χ4v) is 2.02. The van der Waals surface area contributed by atoms with Crippen LogP contribution in [0.1, 0.15) is 25.5 Å². The van der Waals surface area contributed by atoms with Crippen molar-refractivity contribution in [3.63, 3.8) is 0 Å². The van der Waals surface area contributed by atoms with Gasteiger partial charge in [0.2, 0.25) is 0 Å². The van der Waals surface area contributed by atoms with E-state index in [0.29, 0.717) is 10.0 Å². The van der Waals surface area contributed by atoms with Gasteiger partial charge in [0, 0.05) is 16.1 Å². The molecule has 3 nitrogen and oxygen atoms in total. The molecule has 0 amide bonds. The zero-order valence-corrected chi connectivity index (χ0v) is 11.5. The van der Waals surface area contributed by atoms with Gasteiger partial charge in [-0.3, -0.25) is 10.1 Å². The van der Waals surface area contributed by atoms with Gasteiger partial charge in [0.25, 0.3) is 0 Å². The average molecular weight is 276 g/mol. The lowest BCUT2D eigenvalue weighted by atomic mass is 10.1. The van der Waals surface area contributed by atoms with Crippen molar-refractivity contribution in [3.8, 4) is 0 Å². The van der Waals surface area contributed by atoms with Gasteiger partial charge in [-0.05, 0) is 37.6 Å². The molecule has 1 N–H and O–H groups in total. The van der Waals surface area contributed by atoms with Crippen LogP contribution in [0, 0.1) is 0 Å². The number of ether oxygens (including phenoxy) is 1. The monoisotopic (exact) mass is 275 g/mol. The Labute approximate surface area is 111 Å². The van der Waals surface area contributed by atoms with E-state index in [9.17, 15) is 4.79 Å². The molecule has 0 saturated heterocycles. The topological polar surface area (TPSA) is 38.3 Å². The van der Waals surface area contributed by atoms with Crippen LogP contribution in [0.15, 0.2) is 18.2 Å². The fraction of sp³-hybridized carbons (Fsp3) is 0.417. The molecule has 0 aliphatic rings. The van der Waals surface area contributed by atoms with Gasteiger partial charge in [0.1, 0.15) is 6.04 Å². The maximum Gasteiger partial charge on any atom is 0.322 e. The maximum absolute atomic E-state index is 11.3. The minimum atomic E-state index is -0.398. The number of nitrogens with one attached hydrogen (secondary N) is 1. The van der Waals surface area contributed by atoms with Crippen LogP contribution in [0.4, 0.5) is 0 Å². The molecule has 1 rings (SSSR count). The average Bonchev–Trinajstić information content (AvgIpc) is 2.30. The van der Waals surface area contributed by atoms with Gasteiger partial charge in [-0.15, -0.1) is 0 Å². The largest absolute Gasteiger partial charge is 0.468 e. The lowest BCUT2D eigenvalue weighted by molar-refractivity contribution is -0.142. The zero-order valence-electron chi connectivity index (χ0n) is 9.96. The van der Waals surface area contributed by atoms with Crippen molar-refractivity contribution >= 4 is 29.2 Å². The van der Waals surface area contributed by atoms with E-state index in [1.54, 1.807) is 25.1 Å². The summed E-state index contributed by atoms with van der Waals surface area (Å²) in [4.78, 5) is 11.3. The molecule has 0 saturated carbocycles. The van der Waals surface area contributed by atoms with Crippen LogP contribution in [0.3, 0.4) is 0 Å². The molecule has 5 heteroatoms. The predicted molar refractivity (Wildman–Crippen MR) is 69.5 cm³/mol. The zero-order chi connectivity index (χ0) is 13.0. The highest BCUT2D eigenvalue weighted by Gasteiger charge is 2.18. The molecule has 0 aliphatic heterocycles. The number of benzene rings is 1. The highest BCUT2D eigenvalue weighted by atomic mass is 35.5. The van der Waals surface area contributed by atoms with Gasteiger partial charge in [-0.2, -0.15) is 0 Å². The fourth-order valence-electron chi connectivity index (χ4n) is 1.56. The standard InChI is InChI=1S/C12H15Cl2NO2/c1-7(15-8(2)12(16)17-3)10-6-9(13)4-5-11(10)14/h4-8,15H,1-3H3/t7?,8-/m0/s1. The predicted octanol–water partition coefficient (Wildman–Crippen LogP) is 3.21. The summed E-state index contributed by atoms with van der Waals surface area (Å²) >= 11 is 12.0. The van der Waals surface area contributed by atoms with E-state index in [-0.39, 0.29) is 12.0 Å². The third-order valence-corrected chi connectivity index (χ3v) is 3.06. The second-order valence-corrected chi connectivity index (χ2v) is 4.64. The Bertz CT molecular complexity index is 409. The third kappa shape index (κ3) is 3.87. The molecule has 0 heterocycles. The first-order valence-corrected chi connectivity index (χ1v) is 6.00. The maximum atomic E-state index is 11.3. The summed E-state index contributed by atoms with van der Waals surface area (Å²) in [6.45, 7) is 3.65. The minimum absolute atomic E-state index is 0.0877. The number of esters is 1. The first kappa shape index (κ1) is 14.3. The van der Waals surface area contributed by atoms with Crippen LogP contribution in [-0.2, 0) is 9.53 Å². The quantitative estimate of drug-likeness (QED) is 0.858. The first-order chi connectivity index (χ1) is 7.95. The van der Waals surface area contributed by atoms with E-state index in [4.69, 9.17) is 23.2 Å². The summed E-state index contributed by atoms with van der Waals surface area (Å²) in [6, 6.07) is 4.76. The molecule has 0 bridgehead atoms. The molecule has 0 aliphatic carbocycles. The Kier molecular flexibility index (Phi) is 5.25. The molecule has 17 heavy (non-hydrogen) atoms. The van der Waals surface area contributed by atoms with Crippen LogP contribution in [0.2, 0.25) is 10.0 Å². The van der Waals surface area contributed by atoms with Crippen LogP contribution in [0.25, 0.3) is 0 Å². The molecule has 0 radical (unpaired) electrons. The van der Waals surface area contributed by atoms with Crippen molar-refractivity contribution in [1.82, 2.24) is 5.32 Å². The first-order valence-electron chi connectivity index (χ1n) is 5.24. The van der Waals surface area contributed by atoms with Gasteiger partial charge in [0.05, 0.1) is 7.11 Å². The van der Waals surface area contributed by atoms with Crippen molar-refractivity contribution in [2.45, 2.75) is 25.9 Å². The molecule has 0 aromatic heterocycles. The van der Waals surface area contributed by atoms with Crippen LogP contribution in [0.5, 0.6) is 0 Å². The van der Waals surface area contributed by atoms with Crippen molar-refractivity contribution in [1.29, 1.82) is 0 Å². The van der Waals surface area contributed by atoms with Gasteiger partial charge in [-0.25, -0.2) is 0 Å². The molecule has 1 aromatic carbocycles. The van der Waals surface area contributed by atoms with Crippen LogP contribution in [-0.4, -0.2) is 19.1 Å². The molecular formula is C12H15Cl2NO2. The van der Waals surface area contributed by atoms with E-state index in [0.717, 1.165) is 5.56 Å². The van der Waals surface area contributed by atoms with Crippen LogP contribution < -0.4 is 5.32 Å². The van der Waals surface area contributed by atoms with Gasteiger partial charge >= 0.3 is 5.97 Å². The molecule has 94 valence electrons. The lowest BCUT2D eigenvalue weighted by Gasteiger charge is -2.19. The van der Waals surface area contributed by atoms with E-state index in [1.165, 1.54) is 7.11 Å².